The predicted molar refractivity (Wildman–Crippen MR) is 166 cm³/mol. The van der Waals surface area contributed by atoms with Crippen LogP contribution in [0.3, 0.4) is 0 Å². The van der Waals surface area contributed by atoms with Crippen LogP contribution >= 0.6 is 0 Å². The lowest BCUT2D eigenvalue weighted by molar-refractivity contribution is 0.441. The molecule has 2 nitrogen and oxygen atoms in total. The summed E-state index contributed by atoms with van der Waals surface area (Å²) in [5.74, 6) is 1.44. The lowest BCUT2D eigenvalue weighted by Crippen LogP contribution is -2.03. The van der Waals surface area contributed by atoms with Gasteiger partial charge in [0.05, 0.1) is 0 Å². The summed E-state index contributed by atoms with van der Waals surface area (Å²) in [6, 6.07) is 8.60. The van der Waals surface area contributed by atoms with Gasteiger partial charge in [0.25, 0.3) is 0 Å². The van der Waals surface area contributed by atoms with Crippen LogP contribution in [0.1, 0.15) is 156 Å². The van der Waals surface area contributed by atoms with Crippen LogP contribution in [0.5, 0.6) is 11.5 Å². The number of benzene rings is 2. The zero-order chi connectivity index (χ0) is 27.8. The maximum atomic E-state index is 10.9. The molecule has 38 heavy (non-hydrogen) atoms. The largest absolute Gasteiger partial charge is 0.508 e. The van der Waals surface area contributed by atoms with Gasteiger partial charge >= 0.3 is 0 Å². The van der Waals surface area contributed by atoms with Crippen LogP contribution in [0.4, 0.5) is 0 Å². The van der Waals surface area contributed by atoms with Crippen LogP contribution in [0.2, 0.25) is 0 Å². The van der Waals surface area contributed by atoms with E-state index in [0.717, 1.165) is 56.1 Å². The fourth-order valence-corrected chi connectivity index (χ4v) is 6.02. The molecule has 1 atom stereocenters. The van der Waals surface area contributed by atoms with E-state index in [9.17, 15) is 10.2 Å². The third-order valence-electron chi connectivity index (χ3n) is 8.57. The molecule has 0 aromatic heterocycles. The molecule has 0 aliphatic carbocycles. The summed E-state index contributed by atoms with van der Waals surface area (Å²) < 4.78 is 0. The Hall–Kier alpha value is -1.96. The summed E-state index contributed by atoms with van der Waals surface area (Å²) in [6.07, 6.45) is 21.8. The highest BCUT2D eigenvalue weighted by atomic mass is 16.3. The summed E-state index contributed by atoms with van der Waals surface area (Å²) in [5.41, 5.74) is 7.24. The van der Waals surface area contributed by atoms with Gasteiger partial charge in [0.15, 0.2) is 0 Å². The molecular formula is C36H58O2. The van der Waals surface area contributed by atoms with E-state index in [2.05, 4.69) is 45.9 Å². The van der Waals surface area contributed by atoms with Gasteiger partial charge in [-0.05, 0) is 104 Å². The second-order valence-corrected chi connectivity index (χ2v) is 11.7. The standard InChI is InChI=1S/C36H58O2/c1-6-9-11-12-13-14-15-17-23-33-32(25-24-28(4)36(33)38)22-19-18-21-31(20-16-10-7-2)34-26-29(5)30(8-3)27-35(34)37/h24-27,31,37-38H,6-23H2,1-5H3. The zero-order valence-electron chi connectivity index (χ0n) is 25.5. The third-order valence-corrected chi connectivity index (χ3v) is 8.57. The molecule has 0 heterocycles. The van der Waals surface area contributed by atoms with E-state index in [1.165, 1.54) is 92.9 Å². The SMILES string of the molecule is CCCCCCCCCCc1c(CCCCC(CCCCC)c2cc(C)c(CC)cc2O)ccc(C)c1O. The normalized spacial score (nSPS) is 12.2. The predicted octanol–water partition coefficient (Wildman–Crippen LogP) is 11.0. The minimum Gasteiger partial charge on any atom is -0.508 e. The van der Waals surface area contributed by atoms with Crippen molar-refractivity contribution < 1.29 is 10.2 Å². The van der Waals surface area contributed by atoms with Crippen LogP contribution in [0.15, 0.2) is 24.3 Å². The Labute approximate surface area is 235 Å². The first kappa shape index (κ1) is 32.3. The number of aryl methyl sites for hydroxylation is 4. The van der Waals surface area contributed by atoms with Crippen molar-refractivity contribution in [1.82, 2.24) is 0 Å². The number of hydrogen-bond donors (Lipinski definition) is 2. The topological polar surface area (TPSA) is 40.5 Å². The van der Waals surface area contributed by atoms with Crippen molar-refractivity contribution in [3.8, 4) is 11.5 Å². The molecule has 0 saturated heterocycles. The highest BCUT2D eigenvalue weighted by molar-refractivity contribution is 5.45. The molecule has 0 radical (unpaired) electrons. The lowest BCUT2D eigenvalue weighted by Gasteiger charge is -2.21. The zero-order valence-corrected chi connectivity index (χ0v) is 25.5. The molecular weight excluding hydrogens is 464 g/mol. The fourth-order valence-electron chi connectivity index (χ4n) is 6.02. The van der Waals surface area contributed by atoms with Crippen LogP contribution in [0.25, 0.3) is 0 Å². The van der Waals surface area contributed by atoms with Crippen molar-refractivity contribution in [2.75, 3.05) is 0 Å². The molecule has 2 aromatic carbocycles. The number of rotatable bonds is 20. The molecule has 2 rings (SSSR count). The first-order valence-corrected chi connectivity index (χ1v) is 16.0. The van der Waals surface area contributed by atoms with Gasteiger partial charge in [-0.2, -0.15) is 0 Å². The van der Waals surface area contributed by atoms with E-state index < -0.39 is 0 Å². The van der Waals surface area contributed by atoms with Crippen molar-refractivity contribution in [2.45, 2.75) is 156 Å². The van der Waals surface area contributed by atoms with Crippen LogP contribution in [-0.4, -0.2) is 10.2 Å². The van der Waals surface area contributed by atoms with Gasteiger partial charge in [-0.15, -0.1) is 0 Å². The molecule has 214 valence electrons. The highest BCUT2D eigenvalue weighted by Gasteiger charge is 2.17. The van der Waals surface area contributed by atoms with Crippen LogP contribution in [-0.2, 0) is 19.3 Å². The molecule has 0 aliphatic rings. The van der Waals surface area contributed by atoms with Gasteiger partial charge in [-0.25, -0.2) is 0 Å². The lowest BCUT2D eigenvalue weighted by atomic mass is 9.85. The molecule has 2 N–H and O–H groups in total. The van der Waals surface area contributed by atoms with E-state index in [4.69, 9.17) is 0 Å². The van der Waals surface area contributed by atoms with Crippen molar-refractivity contribution in [3.63, 3.8) is 0 Å². The number of hydrogen-bond acceptors (Lipinski definition) is 2. The van der Waals surface area contributed by atoms with Gasteiger partial charge in [0.1, 0.15) is 11.5 Å². The third kappa shape index (κ3) is 10.7. The molecule has 0 amide bonds. The summed E-state index contributed by atoms with van der Waals surface area (Å²) in [7, 11) is 0. The fraction of sp³-hybridized carbons (Fsp3) is 0.667. The minimum absolute atomic E-state index is 0.425. The Bertz CT molecular complexity index is 929. The average molecular weight is 523 g/mol. The number of aromatic hydroxyl groups is 2. The molecule has 0 saturated carbocycles. The molecule has 0 spiro atoms. The van der Waals surface area contributed by atoms with Gasteiger partial charge in [0.2, 0.25) is 0 Å². The monoisotopic (exact) mass is 522 g/mol. The van der Waals surface area contributed by atoms with Gasteiger partial charge < -0.3 is 10.2 Å². The Morgan fingerprint density at radius 2 is 1.18 bits per heavy atom. The highest BCUT2D eigenvalue weighted by Crippen LogP contribution is 2.36. The van der Waals surface area contributed by atoms with Crippen molar-refractivity contribution in [1.29, 1.82) is 0 Å². The Kier molecular flexibility index (Phi) is 15.6. The van der Waals surface area contributed by atoms with Crippen LogP contribution in [0, 0.1) is 13.8 Å². The maximum absolute atomic E-state index is 10.9. The Morgan fingerprint density at radius 3 is 1.84 bits per heavy atom. The van der Waals surface area contributed by atoms with E-state index in [0.29, 0.717) is 17.4 Å². The summed E-state index contributed by atoms with van der Waals surface area (Å²) in [4.78, 5) is 0. The smallest absolute Gasteiger partial charge is 0.121 e. The van der Waals surface area contributed by atoms with Crippen molar-refractivity contribution in [2.24, 2.45) is 0 Å². The molecule has 0 aliphatic heterocycles. The summed E-state index contributed by atoms with van der Waals surface area (Å²) in [5, 5.41) is 21.7. The van der Waals surface area contributed by atoms with Gasteiger partial charge in [-0.1, -0.05) is 110 Å². The minimum atomic E-state index is 0.425. The second-order valence-electron chi connectivity index (χ2n) is 11.7. The summed E-state index contributed by atoms with van der Waals surface area (Å²) in [6.45, 7) is 10.9. The van der Waals surface area contributed by atoms with E-state index in [1.54, 1.807) is 0 Å². The van der Waals surface area contributed by atoms with Gasteiger partial charge in [-0.3, -0.25) is 0 Å². The first-order chi connectivity index (χ1) is 18.4. The quantitative estimate of drug-likeness (QED) is 0.170. The van der Waals surface area contributed by atoms with Crippen molar-refractivity contribution in [3.05, 3.63) is 57.6 Å². The molecule has 1 unspecified atom stereocenters. The first-order valence-electron chi connectivity index (χ1n) is 16.0. The number of phenolic OH excluding ortho intramolecular Hbond substituents is 2. The molecule has 0 fully saturated rings. The van der Waals surface area contributed by atoms with E-state index >= 15 is 0 Å². The summed E-state index contributed by atoms with van der Waals surface area (Å²) >= 11 is 0. The van der Waals surface area contributed by atoms with Crippen LogP contribution < -0.4 is 0 Å². The molecule has 2 aromatic rings. The van der Waals surface area contributed by atoms with Gasteiger partial charge in [0, 0.05) is 0 Å². The van der Waals surface area contributed by atoms with E-state index in [-0.39, 0.29) is 0 Å². The molecule has 0 bridgehead atoms. The number of unbranched alkanes of at least 4 members (excludes halogenated alkanes) is 10. The Balaban J connectivity index is 1.95. The van der Waals surface area contributed by atoms with E-state index in [1.807, 2.05) is 13.0 Å². The Morgan fingerprint density at radius 1 is 0.605 bits per heavy atom. The second kappa shape index (κ2) is 18.3. The average Bonchev–Trinajstić information content (AvgIpc) is 2.91. The number of phenols is 2. The maximum Gasteiger partial charge on any atom is 0.121 e. The van der Waals surface area contributed by atoms with Crippen molar-refractivity contribution >= 4 is 0 Å². The molecule has 2 heteroatoms.